The first-order chi connectivity index (χ1) is 6.65. The molecule has 0 fully saturated rings. The monoisotopic (exact) mass is 194 g/mol. The second kappa shape index (κ2) is 4.62. The molecule has 1 amide bonds. The summed E-state index contributed by atoms with van der Waals surface area (Å²) in [5.41, 5.74) is 12.2. The van der Waals surface area contributed by atoms with Crippen LogP contribution in [-0.4, -0.2) is 17.6 Å². The number of primary amides is 1. The van der Waals surface area contributed by atoms with Crippen LogP contribution >= 0.6 is 0 Å². The highest BCUT2D eigenvalue weighted by Gasteiger charge is 2.16. The Kier molecular flexibility index (Phi) is 3.48. The highest BCUT2D eigenvalue weighted by molar-refractivity contribution is 5.82. The molecule has 0 radical (unpaired) electrons. The fourth-order valence-corrected chi connectivity index (χ4v) is 1.33. The molecule has 5 N–H and O–H groups in total. The number of benzene rings is 1. The summed E-state index contributed by atoms with van der Waals surface area (Å²) in [7, 11) is 0. The zero-order valence-corrected chi connectivity index (χ0v) is 7.81. The van der Waals surface area contributed by atoms with E-state index in [9.17, 15) is 4.79 Å². The number of nitrogen functional groups attached to an aromatic ring is 1. The standard InChI is InChI=1S/C10H14N2O2/c11-8-3-1-7(2-4-8)9(5-6-13)10(12)14/h1-4,9,13H,5-6,11H2,(H2,12,14). The zero-order chi connectivity index (χ0) is 10.6. The molecule has 14 heavy (non-hydrogen) atoms. The van der Waals surface area contributed by atoms with E-state index in [2.05, 4.69) is 0 Å². The largest absolute Gasteiger partial charge is 0.399 e. The minimum absolute atomic E-state index is 0.0576. The minimum atomic E-state index is -0.430. The lowest BCUT2D eigenvalue weighted by Crippen LogP contribution is -2.22. The van der Waals surface area contributed by atoms with Gasteiger partial charge in [-0.2, -0.15) is 0 Å². The maximum Gasteiger partial charge on any atom is 0.225 e. The molecular formula is C10H14N2O2. The lowest BCUT2D eigenvalue weighted by atomic mass is 9.95. The van der Waals surface area contributed by atoms with Crippen molar-refractivity contribution in [3.05, 3.63) is 29.8 Å². The lowest BCUT2D eigenvalue weighted by molar-refractivity contribution is -0.119. The normalized spacial score (nSPS) is 12.4. The van der Waals surface area contributed by atoms with E-state index in [0.717, 1.165) is 5.56 Å². The molecule has 0 aliphatic heterocycles. The third-order valence-electron chi connectivity index (χ3n) is 2.10. The van der Waals surface area contributed by atoms with Gasteiger partial charge >= 0.3 is 0 Å². The van der Waals surface area contributed by atoms with Gasteiger partial charge in [0.15, 0.2) is 0 Å². The van der Waals surface area contributed by atoms with Gasteiger partial charge in [0, 0.05) is 12.3 Å². The highest BCUT2D eigenvalue weighted by Crippen LogP contribution is 2.19. The summed E-state index contributed by atoms with van der Waals surface area (Å²) in [6.45, 7) is -0.0576. The fraction of sp³-hybridized carbons (Fsp3) is 0.300. The lowest BCUT2D eigenvalue weighted by Gasteiger charge is -2.11. The molecule has 0 bridgehead atoms. The quantitative estimate of drug-likeness (QED) is 0.599. The maximum atomic E-state index is 11.1. The van der Waals surface area contributed by atoms with Crippen LogP contribution in [0.4, 0.5) is 5.69 Å². The van der Waals surface area contributed by atoms with E-state index in [1.165, 1.54) is 0 Å². The van der Waals surface area contributed by atoms with Crippen molar-refractivity contribution in [1.29, 1.82) is 0 Å². The molecule has 1 unspecified atom stereocenters. The molecule has 4 nitrogen and oxygen atoms in total. The van der Waals surface area contributed by atoms with E-state index in [-0.39, 0.29) is 6.61 Å². The van der Waals surface area contributed by atoms with Crippen molar-refractivity contribution in [3.63, 3.8) is 0 Å². The van der Waals surface area contributed by atoms with Gasteiger partial charge in [-0.05, 0) is 24.1 Å². The molecule has 4 heteroatoms. The second-order valence-electron chi connectivity index (χ2n) is 3.13. The molecule has 76 valence electrons. The SMILES string of the molecule is NC(=O)C(CCO)c1ccc(N)cc1. The first-order valence-corrected chi connectivity index (χ1v) is 4.40. The molecule has 0 aliphatic rings. The van der Waals surface area contributed by atoms with Crippen LogP contribution in [0.3, 0.4) is 0 Å². The Bertz CT molecular complexity index is 308. The van der Waals surface area contributed by atoms with Crippen LogP contribution in [0.2, 0.25) is 0 Å². The smallest absolute Gasteiger partial charge is 0.225 e. The first kappa shape index (κ1) is 10.5. The molecule has 1 aromatic rings. The predicted molar refractivity (Wildman–Crippen MR) is 54.5 cm³/mol. The summed E-state index contributed by atoms with van der Waals surface area (Å²) in [4.78, 5) is 11.1. The molecule has 0 heterocycles. The Morgan fingerprint density at radius 3 is 2.36 bits per heavy atom. The van der Waals surface area contributed by atoms with Crippen molar-refractivity contribution < 1.29 is 9.90 Å². The summed E-state index contributed by atoms with van der Waals surface area (Å²) in [5.74, 6) is -0.857. The number of hydrogen-bond donors (Lipinski definition) is 3. The van der Waals surface area contributed by atoms with Crippen LogP contribution in [0.25, 0.3) is 0 Å². The number of anilines is 1. The number of hydrogen-bond acceptors (Lipinski definition) is 3. The first-order valence-electron chi connectivity index (χ1n) is 4.40. The number of carbonyl (C=O) groups excluding carboxylic acids is 1. The van der Waals surface area contributed by atoms with Gasteiger partial charge in [0.2, 0.25) is 5.91 Å². The van der Waals surface area contributed by atoms with Crippen molar-refractivity contribution in [3.8, 4) is 0 Å². The van der Waals surface area contributed by atoms with Crippen LogP contribution in [0.15, 0.2) is 24.3 Å². The van der Waals surface area contributed by atoms with Gasteiger partial charge in [-0.15, -0.1) is 0 Å². The van der Waals surface area contributed by atoms with E-state index in [1.807, 2.05) is 0 Å². The molecule has 1 aromatic carbocycles. The molecule has 0 spiro atoms. The number of nitrogens with two attached hydrogens (primary N) is 2. The number of aliphatic hydroxyl groups excluding tert-OH is 1. The summed E-state index contributed by atoms with van der Waals surface area (Å²) in [5, 5.41) is 8.77. The van der Waals surface area contributed by atoms with E-state index in [1.54, 1.807) is 24.3 Å². The van der Waals surface area contributed by atoms with Crippen LogP contribution in [0.5, 0.6) is 0 Å². The van der Waals surface area contributed by atoms with Gasteiger partial charge in [0.05, 0.1) is 5.92 Å². The molecule has 1 rings (SSSR count). The van der Waals surface area contributed by atoms with E-state index >= 15 is 0 Å². The fourth-order valence-electron chi connectivity index (χ4n) is 1.33. The Labute approximate surface area is 82.5 Å². The van der Waals surface area contributed by atoms with Gasteiger partial charge in [-0.25, -0.2) is 0 Å². The predicted octanol–water partition coefficient (Wildman–Crippen LogP) is 0.220. The Morgan fingerprint density at radius 2 is 1.93 bits per heavy atom. The van der Waals surface area contributed by atoms with Gasteiger partial charge in [-0.3, -0.25) is 4.79 Å². The Balaban J connectivity index is 2.87. The molecule has 1 atom stereocenters. The minimum Gasteiger partial charge on any atom is -0.399 e. The van der Waals surface area contributed by atoms with Gasteiger partial charge in [-0.1, -0.05) is 12.1 Å². The Hall–Kier alpha value is -1.55. The summed E-state index contributed by atoms with van der Waals surface area (Å²) >= 11 is 0. The van der Waals surface area contributed by atoms with E-state index in [0.29, 0.717) is 12.1 Å². The zero-order valence-electron chi connectivity index (χ0n) is 7.81. The van der Waals surface area contributed by atoms with Crippen molar-refractivity contribution in [2.24, 2.45) is 5.73 Å². The van der Waals surface area contributed by atoms with Gasteiger partial charge in [0.25, 0.3) is 0 Å². The summed E-state index contributed by atoms with van der Waals surface area (Å²) in [6.07, 6.45) is 0.346. The maximum absolute atomic E-state index is 11.1. The van der Waals surface area contributed by atoms with Crippen LogP contribution in [0.1, 0.15) is 17.9 Å². The third-order valence-corrected chi connectivity index (χ3v) is 2.10. The van der Waals surface area contributed by atoms with Crippen molar-refractivity contribution in [1.82, 2.24) is 0 Å². The van der Waals surface area contributed by atoms with Crippen LogP contribution in [-0.2, 0) is 4.79 Å². The number of rotatable bonds is 4. The van der Waals surface area contributed by atoms with Gasteiger partial charge in [0.1, 0.15) is 0 Å². The van der Waals surface area contributed by atoms with Gasteiger partial charge < -0.3 is 16.6 Å². The average molecular weight is 194 g/mol. The summed E-state index contributed by atoms with van der Waals surface area (Å²) < 4.78 is 0. The molecule has 0 aliphatic carbocycles. The number of aliphatic hydroxyl groups is 1. The number of carbonyl (C=O) groups is 1. The van der Waals surface area contributed by atoms with Crippen molar-refractivity contribution in [2.45, 2.75) is 12.3 Å². The number of amides is 1. The highest BCUT2D eigenvalue weighted by atomic mass is 16.3. The van der Waals surface area contributed by atoms with E-state index < -0.39 is 11.8 Å². The summed E-state index contributed by atoms with van der Waals surface area (Å²) in [6, 6.07) is 6.92. The topological polar surface area (TPSA) is 89.3 Å². The second-order valence-corrected chi connectivity index (χ2v) is 3.13. The average Bonchev–Trinajstić information content (AvgIpc) is 2.15. The van der Waals surface area contributed by atoms with Crippen molar-refractivity contribution >= 4 is 11.6 Å². The third kappa shape index (κ3) is 2.47. The van der Waals surface area contributed by atoms with E-state index in [4.69, 9.17) is 16.6 Å². The molecule has 0 saturated heterocycles. The molecular weight excluding hydrogens is 180 g/mol. The van der Waals surface area contributed by atoms with Crippen molar-refractivity contribution in [2.75, 3.05) is 12.3 Å². The Morgan fingerprint density at radius 1 is 1.36 bits per heavy atom. The molecule has 0 aromatic heterocycles. The van der Waals surface area contributed by atoms with Crippen LogP contribution < -0.4 is 11.5 Å². The molecule has 0 saturated carbocycles. The van der Waals surface area contributed by atoms with Crippen LogP contribution in [0, 0.1) is 0 Å².